The molecule has 0 bridgehead atoms. The number of ether oxygens (including phenoxy) is 1. The molecule has 2 saturated heterocycles. The number of amides is 1. The van der Waals surface area contributed by atoms with Gasteiger partial charge in [0.05, 0.1) is 18.8 Å². The van der Waals surface area contributed by atoms with Gasteiger partial charge in [-0.1, -0.05) is 26.7 Å². The molecule has 4 nitrogen and oxygen atoms in total. The normalized spacial score (nSPS) is 32.4. The molecule has 0 spiro atoms. The van der Waals surface area contributed by atoms with Gasteiger partial charge in [-0.2, -0.15) is 0 Å². The molecular formula is C14H26N2O2. The van der Waals surface area contributed by atoms with E-state index >= 15 is 0 Å². The quantitative estimate of drug-likeness (QED) is 0.785. The van der Waals surface area contributed by atoms with Crippen molar-refractivity contribution in [2.45, 2.75) is 58.2 Å². The van der Waals surface area contributed by atoms with Crippen LogP contribution in [-0.2, 0) is 9.53 Å². The van der Waals surface area contributed by atoms with Crippen LogP contribution in [0.15, 0.2) is 0 Å². The first-order chi connectivity index (χ1) is 8.76. The third-order valence-electron chi connectivity index (χ3n) is 4.06. The lowest BCUT2D eigenvalue weighted by molar-refractivity contribution is -0.130. The van der Waals surface area contributed by atoms with Gasteiger partial charge in [0.25, 0.3) is 0 Å². The third kappa shape index (κ3) is 3.04. The summed E-state index contributed by atoms with van der Waals surface area (Å²) >= 11 is 0. The van der Waals surface area contributed by atoms with Gasteiger partial charge in [0.15, 0.2) is 0 Å². The summed E-state index contributed by atoms with van der Waals surface area (Å²) in [6, 6.07) is 0.0530. The highest BCUT2D eigenvalue weighted by molar-refractivity contribution is 5.84. The number of unbranched alkanes of at least 4 members (excludes halogenated alkanes) is 1. The molecule has 1 N–H and O–H groups in total. The molecule has 0 aromatic heterocycles. The van der Waals surface area contributed by atoms with Crippen molar-refractivity contribution in [3.8, 4) is 0 Å². The van der Waals surface area contributed by atoms with Crippen LogP contribution < -0.4 is 5.32 Å². The molecule has 2 aliphatic rings. The number of rotatable bonds is 6. The Balaban J connectivity index is 1.91. The molecule has 2 rings (SSSR count). The third-order valence-corrected chi connectivity index (χ3v) is 4.06. The summed E-state index contributed by atoms with van der Waals surface area (Å²) in [5.74, 6) is 0.844. The zero-order valence-corrected chi connectivity index (χ0v) is 11.7. The van der Waals surface area contributed by atoms with Gasteiger partial charge in [0.1, 0.15) is 0 Å². The van der Waals surface area contributed by atoms with Crippen molar-refractivity contribution in [1.82, 2.24) is 10.2 Å². The summed E-state index contributed by atoms with van der Waals surface area (Å²) < 4.78 is 5.40. The highest BCUT2D eigenvalue weighted by Gasteiger charge is 2.38. The van der Waals surface area contributed by atoms with E-state index in [9.17, 15) is 4.79 Å². The largest absolute Gasteiger partial charge is 0.381 e. The van der Waals surface area contributed by atoms with Gasteiger partial charge < -0.3 is 9.64 Å². The number of carbonyl (C=O) groups excluding carboxylic acids is 1. The summed E-state index contributed by atoms with van der Waals surface area (Å²) in [7, 11) is 0. The summed E-state index contributed by atoms with van der Waals surface area (Å²) in [4.78, 5) is 14.4. The van der Waals surface area contributed by atoms with Crippen LogP contribution in [0.2, 0.25) is 0 Å². The first kappa shape index (κ1) is 13.8. The Hall–Kier alpha value is -0.610. The second-order valence-corrected chi connectivity index (χ2v) is 5.51. The van der Waals surface area contributed by atoms with Gasteiger partial charge in [0, 0.05) is 19.1 Å². The predicted octanol–water partition coefficient (Wildman–Crippen LogP) is 1.75. The minimum Gasteiger partial charge on any atom is -0.381 e. The molecule has 2 heterocycles. The molecule has 0 saturated carbocycles. The van der Waals surface area contributed by atoms with Gasteiger partial charge in [-0.15, -0.1) is 0 Å². The Kier molecular flexibility index (Phi) is 5.01. The number of hydrogen-bond donors (Lipinski definition) is 1. The number of nitrogens with one attached hydrogen (secondary N) is 1. The monoisotopic (exact) mass is 254 g/mol. The first-order valence-electron chi connectivity index (χ1n) is 7.40. The first-order valence-corrected chi connectivity index (χ1v) is 7.40. The number of hydrogen-bond acceptors (Lipinski definition) is 3. The Bertz CT molecular complexity index is 277. The predicted molar refractivity (Wildman–Crippen MR) is 71.2 cm³/mol. The van der Waals surface area contributed by atoms with Gasteiger partial charge in [-0.05, 0) is 19.3 Å². The molecule has 0 aromatic carbocycles. The van der Waals surface area contributed by atoms with E-state index in [4.69, 9.17) is 4.74 Å². The number of carbonyl (C=O) groups is 1. The second-order valence-electron chi connectivity index (χ2n) is 5.51. The lowest BCUT2D eigenvalue weighted by Crippen LogP contribution is -2.40. The molecule has 104 valence electrons. The molecule has 2 fully saturated rings. The lowest BCUT2D eigenvalue weighted by Gasteiger charge is -2.25. The van der Waals surface area contributed by atoms with Crippen LogP contribution in [0.4, 0.5) is 0 Å². The van der Waals surface area contributed by atoms with Crippen molar-refractivity contribution in [2.75, 3.05) is 19.8 Å². The SMILES string of the molecule is CCCCC1NC(CC)N(CC2CCOC2)C1=O. The molecule has 2 aliphatic heterocycles. The highest BCUT2D eigenvalue weighted by Crippen LogP contribution is 2.22. The van der Waals surface area contributed by atoms with Crippen LogP contribution in [0.3, 0.4) is 0 Å². The Labute approximate surface area is 110 Å². The summed E-state index contributed by atoms with van der Waals surface area (Å²) in [5, 5.41) is 3.48. The second kappa shape index (κ2) is 6.53. The smallest absolute Gasteiger partial charge is 0.241 e. The molecule has 0 radical (unpaired) electrons. The van der Waals surface area contributed by atoms with E-state index in [0.717, 1.165) is 51.9 Å². The van der Waals surface area contributed by atoms with E-state index in [1.54, 1.807) is 0 Å². The minimum atomic E-state index is 0.0530. The van der Waals surface area contributed by atoms with Crippen LogP contribution in [0.1, 0.15) is 46.0 Å². The van der Waals surface area contributed by atoms with Crippen molar-refractivity contribution >= 4 is 5.91 Å². The Morgan fingerprint density at radius 3 is 2.89 bits per heavy atom. The lowest BCUT2D eigenvalue weighted by atomic mass is 10.1. The number of nitrogens with zero attached hydrogens (tertiary/aromatic N) is 1. The maximum atomic E-state index is 12.4. The van der Waals surface area contributed by atoms with Crippen LogP contribution in [0, 0.1) is 5.92 Å². The molecule has 0 aromatic rings. The Morgan fingerprint density at radius 2 is 2.28 bits per heavy atom. The zero-order valence-electron chi connectivity index (χ0n) is 11.7. The maximum Gasteiger partial charge on any atom is 0.241 e. The van der Waals surface area contributed by atoms with E-state index in [-0.39, 0.29) is 12.2 Å². The van der Waals surface area contributed by atoms with Crippen molar-refractivity contribution in [1.29, 1.82) is 0 Å². The molecule has 18 heavy (non-hydrogen) atoms. The summed E-state index contributed by atoms with van der Waals surface area (Å²) in [6.07, 6.45) is 5.57. The summed E-state index contributed by atoms with van der Waals surface area (Å²) in [6.45, 7) is 6.86. The molecular weight excluding hydrogens is 228 g/mol. The average molecular weight is 254 g/mol. The van der Waals surface area contributed by atoms with E-state index in [2.05, 4.69) is 24.1 Å². The Morgan fingerprint density at radius 1 is 1.44 bits per heavy atom. The fraction of sp³-hybridized carbons (Fsp3) is 0.929. The van der Waals surface area contributed by atoms with E-state index < -0.39 is 0 Å². The van der Waals surface area contributed by atoms with Gasteiger partial charge in [-0.3, -0.25) is 10.1 Å². The van der Waals surface area contributed by atoms with Gasteiger partial charge in [-0.25, -0.2) is 0 Å². The fourth-order valence-electron chi connectivity index (χ4n) is 2.92. The highest BCUT2D eigenvalue weighted by atomic mass is 16.5. The minimum absolute atomic E-state index is 0.0530. The molecule has 4 heteroatoms. The van der Waals surface area contributed by atoms with Crippen molar-refractivity contribution in [2.24, 2.45) is 5.92 Å². The molecule has 0 aliphatic carbocycles. The van der Waals surface area contributed by atoms with Crippen molar-refractivity contribution < 1.29 is 9.53 Å². The van der Waals surface area contributed by atoms with Crippen LogP contribution in [-0.4, -0.2) is 42.8 Å². The van der Waals surface area contributed by atoms with Crippen molar-refractivity contribution in [3.63, 3.8) is 0 Å². The van der Waals surface area contributed by atoms with E-state index in [1.165, 1.54) is 0 Å². The standard InChI is InChI=1S/C14H26N2O2/c1-3-5-6-12-14(17)16(13(4-2)15-12)9-11-7-8-18-10-11/h11-13,15H,3-10H2,1-2H3. The molecule has 3 atom stereocenters. The topological polar surface area (TPSA) is 41.6 Å². The molecule has 3 unspecified atom stereocenters. The van der Waals surface area contributed by atoms with Crippen LogP contribution in [0.5, 0.6) is 0 Å². The zero-order chi connectivity index (χ0) is 13.0. The van der Waals surface area contributed by atoms with Gasteiger partial charge >= 0.3 is 0 Å². The average Bonchev–Trinajstić information content (AvgIpc) is 2.98. The van der Waals surface area contributed by atoms with E-state index in [0.29, 0.717) is 11.8 Å². The van der Waals surface area contributed by atoms with E-state index in [1.807, 2.05) is 0 Å². The van der Waals surface area contributed by atoms with Crippen LogP contribution >= 0.6 is 0 Å². The van der Waals surface area contributed by atoms with Crippen LogP contribution in [0.25, 0.3) is 0 Å². The van der Waals surface area contributed by atoms with Crippen molar-refractivity contribution in [3.05, 3.63) is 0 Å². The van der Waals surface area contributed by atoms with Gasteiger partial charge in [0.2, 0.25) is 5.91 Å². The fourth-order valence-corrected chi connectivity index (χ4v) is 2.92. The summed E-state index contributed by atoms with van der Waals surface area (Å²) in [5.41, 5.74) is 0. The maximum absolute atomic E-state index is 12.4. The molecule has 1 amide bonds.